The van der Waals surface area contributed by atoms with Crippen LogP contribution in [0.25, 0.3) is 0 Å². The van der Waals surface area contributed by atoms with E-state index in [-0.39, 0.29) is 6.54 Å². The molecule has 0 radical (unpaired) electrons. The van der Waals surface area contributed by atoms with Crippen LogP contribution in [0.5, 0.6) is 5.75 Å². The molecular formula is C12H16N2O4. The van der Waals surface area contributed by atoms with Gasteiger partial charge in [0.05, 0.1) is 12.8 Å². The molecule has 1 rings (SSSR count). The average Bonchev–Trinajstić information content (AvgIpc) is 2.28. The third kappa shape index (κ3) is 3.65. The van der Waals surface area contributed by atoms with Crippen molar-refractivity contribution < 1.29 is 19.4 Å². The van der Waals surface area contributed by atoms with Gasteiger partial charge < -0.3 is 20.1 Å². The lowest BCUT2D eigenvalue weighted by Crippen LogP contribution is -2.35. The minimum atomic E-state index is -1.07. The van der Waals surface area contributed by atoms with Gasteiger partial charge in [0, 0.05) is 7.05 Å². The van der Waals surface area contributed by atoms with Gasteiger partial charge in [-0.2, -0.15) is 0 Å². The highest BCUT2D eigenvalue weighted by Crippen LogP contribution is 2.25. The number of carbonyl (C=O) groups excluding carboxylic acids is 1. The van der Waals surface area contributed by atoms with Crippen molar-refractivity contribution in [3.8, 4) is 5.75 Å². The summed E-state index contributed by atoms with van der Waals surface area (Å²) in [6, 6.07) is 4.85. The Morgan fingerprint density at radius 3 is 2.67 bits per heavy atom. The Morgan fingerprint density at radius 1 is 1.44 bits per heavy atom. The molecule has 0 fully saturated rings. The normalized spacial score (nSPS) is 9.72. The van der Waals surface area contributed by atoms with Crippen molar-refractivity contribution in [2.24, 2.45) is 0 Å². The van der Waals surface area contributed by atoms with Crippen molar-refractivity contribution in [1.82, 2.24) is 4.90 Å². The number of carbonyl (C=O) groups is 2. The molecule has 0 unspecified atom stereocenters. The molecule has 0 spiro atoms. The number of benzene rings is 1. The number of methoxy groups -OCH3 is 1. The summed E-state index contributed by atoms with van der Waals surface area (Å²) < 4.78 is 5.11. The molecule has 0 heterocycles. The van der Waals surface area contributed by atoms with Gasteiger partial charge >= 0.3 is 12.0 Å². The van der Waals surface area contributed by atoms with Gasteiger partial charge in [-0.05, 0) is 24.6 Å². The molecule has 2 amide bonds. The van der Waals surface area contributed by atoms with Gasteiger partial charge in [-0.15, -0.1) is 0 Å². The first-order chi connectivity index (χ1) is 8.43. The van der Waals surface area contributed by atoms with E-state index in [1.54, 1.807) is 12.1 Å². The first-order valence-corrected chi connectivity index (χ1v) is 5.32. The van der Waals surface area contributed by atoms with Crippen molar-refractivity contribution >= 4 is 17.7 Å². The predicted octanol–water partition coefficient (Wildman–Crippen LogP) is 1.55. The summed E-state index contributed by atoms with van der Waals surface area (Å²) in [7, 11) is 2.91. The number of hydrogen-bond acceptors (Lipinski definition) is 3. The van der Waals surface area contributed by atoms with E-state index in [0.29, 0.717) is 11.4 Å². The van der Waals surface area contributed by atoms with Gasteiger partial charge in [-0.3, -0.25) is 4.79 Å². The number of aliphatic carboxylic acids is 1. The molecule has 2 N–H and O–H groups in total. The molecule has 0 aromatic heterocycles. The van der Waals surface area contributed by atoms with Crippen LogP contribution in [0.2, 0.25) is 0 Å². The van der Waals surface area contributed by atoms with Crippen molar-refractivity contribution in [1.29, 1.82) is 0 Å². The number of likely N-dealkylation sites (N-methyl/N-ethyl adjacent to an activating group) is 1. The van der Waals surface area contributed by atoms with Crippen LogP contribution in [0.4, 0.5) is 10.5 Å². The number of carboxylic acids is 1. The van der Waals surface area contributed by atoms with Crippen LogP contribution in [0.3, 0.4) is 0 Å². The van der Waals surface area contributed by atoms with E-state index in [0.717, 1.165) is 10.5 Å². The van der Waals surface area contributed by atoms with E-state index in [1.165, 1.54) is 14.2 Å². The second kappa shape index (κ2) is 5.90. The molecule has 0 saturated heterocycles. The highest BCUT2D eigenvalue weighted by atomic mass is 16.5. The molecule has 6 heteroatoms. The minimum absolute atomic E-state index is 0.361. The van der Waals surface area contributed by atoms with Crippen LogP contribution < -0.4 is 10.1 Å². The number of hydrogen-bond donors (Lipinski definition) is 2. The van der Waals surface area contributed by atoms with Crippen LogP contribution in [-0.4, -0.2) is 42.7 Å². The van der Waals surface area contributed by atoms with Crippen molar-refractivity contribution in [3.05, 3.63) is 23.8 Å². The maximum atomic E-state index is 11.7. The lowest BCUT2D eigenvalue weighted by atomic mass is 10.2. The number of nitrogens with one attached hydrogen (secondary N) is 1. The maximum absolute atomic E-state index is 11.7. The van der Waals surface area contributed by atoms with E-state index in [9.17, 15) is 9.59 Å². The average molecular weight is 252 g/mol. The summed E-state index contributed by atoms with van der Waals surface area (Å²) in [5, 5.41) is 11.2. The molecule has 0 bridgehead atoms. The lowest BCUT2D eigenvalue weighted by Gasteiger charge is -2.17. The fourth-order valence-electron chi connectivity index (χ4n) is 1.40. The number of nitrogens with zero attached hydrogens (tertiary/aromatic N) is 1. The highest BCUT2D eigenvalue weighted by Gasteiger charge is 2.14. The summed E-state index contributed by atoms with van der Waals surface area (Å²) in [6.07, 6.45) is 0. The maximum Gasteiger partial charge on any atom is 0.323 e. The zero-order chi connectivity index (χ0) is 13.7. The molecule has 0 saturated carbocycles. The number of amides is 2. The van der Waals surface area contributed by atoms with E-state index in [4.69, 9.17) is 9.84 Å². The smallest absolute Gasteiger partial charge is 0.323 e. The third-order valence-corrected chi connectivity index (χ3v) is 2.32. The minimum Gasteiger partial charge on any atom is -0.495 e. The molecule has 18 heavy (non-hydrogen) atoms. The van der Waals surface area contributed by atoms with E-state index in [1.807, 2.05) is 13.0 Å². The largest absolute Gasteiger partial charge is 0.495 e. The lowest BCUT2D eigenvalue weighted by molar-refractivity contribution is -0.137. The number of ether oxygens (including phenoxy) is 1. The third-order valence-electron chi connectivity index (χ3n) is 2.32. The summed E-state index contributed by atoms with van der Waals surface area (Å²) >= 11 is 0. The Balaban J connectivity index is 2.80. The molecule has 6 nitrogen and oxygen atoms in total. The van der Waals surface area contributed by atoms with Crippen LogP contribution >= 0.6 is 0 Å². The zero-order valence-electron chi connectivity index (χ0n) is 10.6. The van der Waals surface area contributed by atoms with Gasteiger partial charge in [-0.25, -0.2) is 4.79 Å². The Morgan fingerprint density at radius 2 is 2.11 bits per heavy atom. The molecule has 98 valence electrons. The number of aryl methyl sites for hydroxylation is 1. The van der Waals surface area contributed by atoms with Crippen LogP contribution in [0.15, 0.2) is 18.2 Å². The number of urea groups is 1. The molecule has 0 aliphatic rings. The molecular weight excluding hydrogens is 236 g/mol. The second-order valence-corrected chi connectivity index (χ2v) is 3.88. The van der Waals surface area contributed by atoms with E-state index < -0.39 is 12.0 Å². The van der Waals surface area contributed by atoms with Gasteiger partial charge in [0.25, 0.3) is 0 Å². The van der Waals surface area contributed by atoms with Crippen molar-refractivity contribution in [3.63, 3.8) is 0 Å². The first kappa shape index (κ1) is 13.8. The molecule has 0 aliphatic carbocycles. The SMILES string of the molecule is COc1ccc(C)cc1NC(=O)N(C)CC(=O)O. The molecule has 1 aromatic rings. The predicted molar refractivity (Wildman–Crippen MR) is 67.0 cm³/mol. The Bertz CT molecular complexity index is 459. The second-order valence-electron chi connectivity index (χ2n) is 3.88. The summed E-state index contributed by atoms with van der Waals surface area (Å²) in [4.78, 5) is 23.3. The van der Waals surface area contributed by atoms with E-state index in [2.05, 4.69) is 5.32 Å². The Labute approximate surface area is 105 Å². The first-order valence-electron chi connectivity index (χ1n) is 5.32. The van der Waals surface area contributed by atoms with Gasteiger partial charge in [0.15, 0.2) is 0 Å². The number of carboxylic acid groups (broad SMARTS) is 1. The zero-order valence-corrected chi connectivity index (χ0v) is 10.6. The van der Waals surface area contributed by atoms with Crippen LogP contribution in [-0.2, 0) is 4.79 Å². The van der Waals surface area contributed by atoms with Crippen molar-refractivity contribution in [2.75, 3.05) is 26.0 Å². The molecule has 0 aliphatic heterocycles. The van der Waals surface area contributed by atoms with Gasteiger partial charge in [0.2, 0.25) is 0 Å². The molecule has 1 aromatic carbocycles. The summed E-state index contributed by atoms with van der Waals surface area (Å²) in [5.41, 5.74) is 1.48. The van der Waals surface area contributed by atoms with Gasteiger partial charge in [-0.1, -0.05) is 6.07 Å². The number of anilines is 1. The van der Waals surface area contributed by atoms with Crippen LogP contribution in [0.1, 0.15) is 5.56 Å². The standard InChI is InChI=1S/C12H16N2O4/c1-8-4-5-10(18-3)9(6-8)13-12(17)14(2)7-11(15)16/h4-6H,7H2,1-3H3,(H,13,17)(H,15,16). The van der Waals surface area contributed by atoms with Crippen molar-refractivity contribution in [2.45, 2.75) is 6.92 Å². The molecule has 0 atom stereocenters. The van der Waals surface area contributed by atoms with Gasteiger partial charge in [0.1, 0.15) is 12.3 Å². The Kier molecular flexibility index (Phi) is 4.53. The number of rotatable bonds is 4. The van der Waals surface area contributed by atoms with Crippen LogP contribution in [0, 0.1) is 6.92 Å². The Hall–Kier alpha value is -2.24. The fraction of sp³-hybridized carbons (Fsp3) is 0.333. The monoisotopic (exact) mass is 252 g/mol. The van der Waals surface area contributed by atoms with E-state index >= 15 is 0 Å². The highest BCUT2D eigenvalue weighted by molar-refractivity contribution is 5.92. The summed E-state index contributed by atoms with van der Waals surface area (Å²) in [5.74, 6) is -0.540. The topological polar surface area (TPSA) is 78.9 Å². The quantitative estimate of drug-likeness (QED) is 0.852. The fourth-order valence-corrected chi connectivity index (χ4v) is 1.40. The summed E-state index contributed by atoms with van der Waals surface area (Å²) in [6.45, 7) is 1.52.